The van der Waals surface area contributed by atoms with E-state index in [4.69, 9.17) is 10.8 Å². The van der Waals surface area contributed by atoms with Gasteiger partial charge in [0.1, 0.15) is 5.82 Å². The summed E-state index contributed by atoms with van der Waals surface area (Å²) in [7, 11) is 0. The molecular weight excluding hydrogens is 185 g/mol. The number of carbonyl (C=O) groups is 1. The van der Waals surface area contributed by atoms with Crippen molar-refractivity contribution < 1.29 is 14.3 Å². The van der Waals surface area contributed by atoms with Crippen molar-refractivity contribution in [3.63, 3.8) is 0 Å². The van der Waals surface area contributed by atoms with E-state index in [1.165, 1.54) is 24.3 Å². The Kier molecular flexibility index (Phi) is 2.99. The Morgan fingerprint density at radius 1 is 1.64 bits per heavy atom. The molecule has 1 atom stereocenters. The van der Waals surface area contributed by atoms with E-state index in [2.05, 4.69) is 6.58 Å². The van der Waals surface area contributed by atoms with Crippen LogP contribution in [0.25, 0.3) is 0 Å². The van der Waals surface area contributed by atoms with Crippen LogP contribution in [-0.2, 0) is 0 Å². The lowest BCUT2D eigenvalue weighted by molar-refractivity contribution is 0.0691. The van der Waals surface area contributed by atoms with E-state index in [1.54, 1.807) is 0 Å². The summed E-state index contributed by atoms with van der Waals surface area (Å²) in [6.45, 7) is 3.41. The molecule has 0 aliphatic carbocycles. The Hall–Kier alpha value is -1.68. The monoisotopic (exact) mass is 195 g/mol. The Morgan fingerprint density at radius 2 is 2.29 bits per heavy atom. The molecule has 0 saturated carbocycles. The highest BCUT2D eigenvalue weighted by Gasteiger charge is 2.15. The number of hydrogen-bond acceptors (Lipinski definition) is 2. The highest BCUT2D eigenvalue weighted by Crippen LogP contribution is 2.18. The fourth-order valence-corrected chi connectivity index (χ4v) is 1.10. The maximum absolute atomic E-state index is 13.5. The number of carboxylic acids is 1. The molecule has 3 N–H and O–H groups in total. The predicted octanol–water partition coefficient (Wildman–Crippen LogP) is 1.71. The number of halogens is 1. The van der Waals surface area contributed by atoms with Crippen molar-refractivity contribution in [3.05, 3.63) is 47.8 Å². The van der Waals surface area contributed by atoms with Crippen molar-refractivity contribution in [2.75, 3.05) is 0 Å². The summed E-state index contributed by atoms with van der Waals surface area (Å²) in [6.07, 6.45) is 1.35. The minimum atomic E-state index is -1.30. The van der Waals surface area contributed by atoms with Crippen molar-refractivity contribution in [1.29, 1.82) is 0 Å². The normalized spacial score (nSPS) is 12.1. The van der Waals surface area contributed by atoms with Gasteiger partial charge in [-0.05, 0) is 6.07 Å². The number of benzene rings is 1. The number of rotatable bonds is 3. The van der Waals surface area contributed by atoms with Crippen molar-refractivity contribution in [2.45, 2.75) is 6.04 Å². The van der Waals surface area contributed by atoms with Crippen LogP contribution in [0, 0.1) is 5.82 Å². The van der Waals surface area contributed by atoms with Crippen LogP contribution in [0.5, 0.6) is 0 Å². The smallest absolute Gasteiger partial charge is 0.338 e. The van der Waals surface area contributed by atoms with Gasteiger partial charge in [0.2, 0.25) is 0 Å². The average Bonchev–Trinajstić information content (AvgIpc) is 2.16. The molecule has 14 heavy (non-hydrogen) atoms. The zero-order valence-electron chi connectivity index (χ0n) is 7.40. The summed E-state index contributed by atoms with van der Waals surface area (Å²) < 4.78 is 13.5. The SMILES string of the molecule is C=CC(N)c1cccc(C(=O)O)c1F. The molecule has 0 aliphatic heterocycles. The highest BCUT2D eigenvalue weighted by molar-refractivity contribution is 5.88. The van der Waals surface area contributed by atoms with Gasteiger partial charge in [-0.3, -0.25) is 0 Å². The quantitative estimate of drug-likeness (QED) is 0.721. The zero-order valence-corrected chi connectivity index (χ0v) is 7.40. The van der Waals surface area contributed by atoms with Crippen molar-refractivity contribution in [1.82, 2.24) is 0 Å². The molecule has 74 valence electrons. The molecule has 0 spiro atoms. The van der Waals surface area contributed by atoms with E-state index in [0.29, 0.717) is 0 Å². The first kappa shape index (κ1) is 10.4. The lowest BCUT2D eigenvalue weighted by Crippen LogP contribution is -2.12. The van der Waals surface area contributed by atoms with Gasteiger partial charge in [0.15, 0.2) is 0 Å². The molecule has 0 amide bonds. The molecule has 0 aliphatic rings. The first-order valence-electron chi connectivity index (χ1n) is 3.97. The molecule has 4 heteroatoms. The summed E-state index contributed by atoms with van der Waals surface area (Å²) in [6, 6.07) is 3.39. The topological polar surface area (TPSA) is 63.3 Å². The van der Waals surface area contributed by atoms with Gasteiger partial charge in [-0.15, -0.1) is 6.58 Å². The second-order valence-corrected chi connectivity index (χ2v) is 2.78. The van der Waals surface area contributed by atoms with E-state index in [-0.39, 0.29) is 11.1 Å². The number of nitrogens with two attached hydrogens (primary N) is 1. The third-order valence-electron chi connectivity index (χ3n) is 1.87. The first-order valence-corrected chi connectivity index (χ1v) is 3.97. The summed E-state index contributed by atoms with van der Waals surface area (Å²) in [5.41, 5.74) is 5.28. The van der Waals surface area contributed by atoms with E-state index >= 15 is 0 Å². The van der Waals surface area contributed by atoms with Crippen LogP contribution in [0.4, 0.5) is 4.39 Å². The molecule has 3 nitrogen and oxygen atoms in total. The van der Waals surface area contributed by atoms with Crippen LogP contribution in [0.15, 0.2) is 30.9 Å². The van der Waals surface area contributed by atoms with Gasteiger partial charge in [0.05, 0.1) is 11.6 Å². The molecule has 1 aromatic rings. The largest absolute Gasteiger partial charge is 0.478 e. The average molecular weight is 195 g/mol. The van der Waals surface area contributed by atoms with Crippen LogP contribution < -0.4 is 5.73 Å². The van der Waals surface area contributed by atoms with E-state index in [1.807, 2.05) is 0 Å². The minimum Gasteiger partial charge on any atom is -0.478 e. The molecule has 1 unspecified atom stereocenters. The standard InChI is InChI=1S/C10H10FNO2/c1-2-8(12)6-4-3-5-7(9(6)11)10(13)14/h2-5,8H,1,12H2,(H,13,14). The Morgan fingerprint density at radius 3 is 2.79 bits per heavy atom. The lowest BCUT2D eigenvalue weighted by atomic mass is 10.0. The molecule has 0 aromatic heterocycles. The Bertz CT molecular complexity index is 376. The Balaban J connectivity index is 3.26. The molecule has 0 heterocycles. The molecular formula is C10H10FNO2. The zero-order chi connectivity index (χ0) is 10.7. The first-order chi connectivity index (χ1) is 6.57. The van der Waals surface area contributed by atoms with Gasteiger partial charge in [-0.25, -0.2) is 9.18 Å². The molecule has 0 fully saturated rings. The second kappa shape index (κ2) is 4.02. The summed E-state index contributed by atoms with van der Waals surface area (Å²) in [4.78, 5) is 10.6. The van der Waals surface area contributed by atoms with Gasteiger partial charge < -0.3 is 10.8 Å². The highest BCUT2D eigenvalue weighted by atomic mass is 19.1. The molecule has 1 aromatic carbocycles. The number of hydrogen-bond donors (Lipinski definition) is 2. The third-order valence-corrected chi connectivity index (χ3v) is 1.87. The van der Waals surface area contributed by atoms with Crippen molar-refractivity contribution >= 4 is 5.97 Å². The van der Waals surface area contributed by atoms with Gasteiger partial charge >= 0.3 is 5.97 Å². The Labute approximate surface area is 80.7 Å². The van der Waals surface area contributed by atoms with E-state index < -0.39 is 17.8 Å². The fraction of sp³-hybridized carbons (Fsp3) is 0.100. The van der Waals surface area contributed by atoms with Gasteiger partial charge in [-0.1, -0.05) is 18.2 Å². The van der Waals surface area contributed by atoms with Crippen LogP contribution in [-0.4, -0.2) is 11.1 Å². The molecule has 0 radical (unpaired) electrons. The number of aromatic carboxylic acids is 1. The number of carboxylic acid groups (broad SMARTS) is 1. The van der Waals surface area contributed by atoms with Crippen molar-refractivity contribution in [2.24, 2.45) is 5.73 Å². The van der Waals surface area contributed by atoms with Crippen LogP contribution >= 0.6 is 0 Å². The van der Waals surface area contributed by atoms with Gasteiger partial charge in [0.25, 0.3) is 0 Å². The summed E-state index contributed by atoms with van der Waals surface area (Å²) >= 11 is 0. The molecule has 0 saturated heterocycles. The van der Waals surface area contributed by atoms with Gasteiger partial charge in [-0.2, -0.15) is 0 Å². The molecule has 1 rings (SSSR count). The second-order valence-electron chi connectivity index (χ2n) is 2.78. The predicted molar refractivity (Wildman–Crippen MR) is 50.5 cm³/mol. The van der Waals surface area contributed by atoms with Crippen LogP contribution in [0.2, 0.25) is 0 Å². The van der Waals surface area contributed by atoms with E-state index in [9.17, 15) is 9.18 Å². The van der Waals surface area contributed by atoms with Crippen molar-refractivity contribution in [3.8, 4) is 0 Å². The third kappa shape index (κ3) is 1.80. The van der Waals surface area contributed by atoms with Crippen LogP contribution in [0.3, 0.4) is 0 Å². The maximum atomic E-state index is 13.5. The fourth-order valence-electron chi connectivity index (χ4n) is 1.10. The lowest BCUT2D eigenvalue weighted by Gasteiger charge is -2.09. The molecule has 0 bridgehead atoms. The van der Waals surface area contributed by atoms with Gasteiger partial charge in [0, 0.05) is 5.56 Å². The van der Waals surface area contributed by atoms with E-state index in [0.717, 1.165) is 0 Å². The summed E-state index contributed by atoms with van der Waals surface area (Å²) in [5, 5.41) is 8.64. The maximum Gasteiger partial charge on any atom is 0.338 e. The van der Waals surface area contributed by atoms with Crippen LogP contribution in [0.1, 0.15) is 22.0 Å². The minimum absolute atomic E-state index is 0.139. The summed E-state index contributed by atoms with van der Waals surface area (Å²) in [5.74, 6) is -2.10.